The Balaban J connectivity index is 1.86. The van der Waals surface area contributed by atoms with Crippen LogP contribution >= 0.6 is 0 Å². The second kappa shape index (κ2) is 7.51. The molecule has 0 heterocycles. The van der Waals surface area contributed by atoms with Gasteiger partial charge in [-0.2, -0.15) is 0 Å². The first-order valence-corrected chi connectivity index (χ1v) is 8.36. The van der Waals surface area contributed by atoms with E-state index in [9.17, 15) is 18.4 Å². The van der Waals surface area contributed by atoms with Crippen LogP contribution in [0.15, 0.2) is 36.4 Å². The minimum atomic E-state index is -1.02. The summed E-state index contributed by atoms with van der Waals surface area (Å²) in [6, 6.07) is 8.10. The first kappa shape index (κ1) is 17.8. The topological polar surface area (TPSA) is 70.2 Å². The number of nitrogens with one attached hydrogen (secondary N) is 3. The SMILES string of the molecule is CNC(=O)NC1CCCc2c(C(=O)Nc3ccc(F)c(F)c3)cccc21. The van der Waals surface area contributed by atoms with Crippen LogP contribution in [0.3, 0.4) is 0 Å². The number of rotatable bonds is 3. The predicted octanol–water partition coefficient (Wildman–Crippen LogP) is 3.52. The number of benzene rings is 2. The summed E-state index contributed by atoms with van der Waals surface area (Å²) < 4.78 is 26.4. The zero-order chi connectivity index (χ0) is 18.7. The number of hydrogen-bond acceptors (Lipinski definition) is 2. The fourth-order valence-electron chi connectivity index (χ4n) is 3.21. The van der Waals surface area contributed by atoms with E-state index in [2.05, 4.69) is 16.0 Å². The van der Waals surface area contributed by atoms with Crippen LogP contribution in [0.1, 0.15) is 40.4 Å². The van der Waals surface area contributed by atoms with Crippen LogP contribution < -0.4 is 16.0 Å². The molecule has 0 spiro atoms. The van der Waals surface area contributed by atoms with Crippen LogP contribution in [-0.4, -0.2) is 19.0 Å². The molecule has 2 aromatic rings. The van der Waals surface area contributed by atoms with Crippen LogP contribution in [0.2, 0.25) is 0 Å². The van der Waals surface area contributed by atoms with E-state index >= 15 is 0 Å². The summed E-state index contributed by atoms with van der Waals surface area (Å²) in [5.41, 5.74) is 2.41. The molecule has 1 aliphatic carbocycles. The van der Waals surface area contributed by atoms with E-state index in [4.69, 9.17) is 0 Å². The second-order valence-corrected chi connectivity index (χ2v) is 6.12. The van der Waals surface area contributed by atoms with Crippen molar-refractivity contribution >= 4 is 17.6 Å². The summed E-state index contributed by atoms with van der Waals surface area (Å²) in [4.78, 5) is 24.3. The van der Waals surface area contributed by atoms with Crippen molar-refractivity contribution in [2.75, 3.05) is 12.4 Å². The molecule has 0 radical (unpaired) electrons. The Labute approximate surface area is 149 Å². The summed E-state index contributed by atoms with van der Waals surface area (Å²) in [5.74, 6) is -2.38. The molecule has 0 aromatic heterocycles. The molecule has 136 valence electrons. The number of carbonyl (C=O) groups excluding carboxylic acids is 2. The molecule has 0 aliphatic heterocycles. The third-order valence-corrected chi connectivity index (χ3v) is 4.46. The number of urea groups is 1. The maximum absolute atomic E-state index is 13.3. The number of amides is 3. The fourth-order valence-corrected chi connectivity index (χ4v) is 3.21. The van der Waals surface area contributed by atoms with Gasteiger partial charge in [-0.15, -0.1) is 0 Å². The normalized spacial score (nSPS) is 15.7. The third-order valence-electron chi connectivity index (χ3n) is 4.46. The number of fused-ring (bicyclic) bond motifs is 1. The molecule has 1 unspecified atom stereocenters. The Hall–Kier alpha value is -2.96. The molecule has 3 rings (SSSR count). The van der Waals surface area contributed by atoms with Gasteiger partial charge in [0.15, 0.2) is 11.6 Å². The highest BCUT2D eigenvalue weighted by Crippen LogP contribution is 2.32. The molecule has 7 heteroatoms. The zero-order valence-electron chi connectivity index (χ0n) is 14.2. The lowest BCUT2D eigenvalue weighted by Gasteiger charge is -2.27. The van der Waals surface area contributed by atoms with Gasteiger partial charge in [0.2, 0.25) is 0 Å². The highest BCUT2D eigenvalue weighted by molar-refractivity contribution is 6.05. The van der Waals surface area contributed by atoms with Crippen LogP contribution in [0.25, 0.3) is 0 Å². The van der Waals surface area contributed by atoms with Crippen LogP contribution in [-0.2, 0) is 6.42 Å². The van der Waals surface area contributed by atoms with Crippen LogP contribution in [0.5, 0.6) is 0 Å². The smallest absolute Gasteiger partial charge is 0.315 e. The highest BCUT2D eigenvalue weighted by Gasteiger charge is 2.25. The average Bonchev–Trinajstić information content (AvgIpc) is 2.64. The number of hydrogen-bond donors (Lipinski definition) is 3. The van der Waals surface area contributed by atoms with Gasteiger partial charge < -0.3 is 16.0 Å². The Morgan fingerprint density at radius 1 is 1.12 bits per heavy atom. The molecule has 26 heavy (non-hydrogen) atoms. The highest BCUT2D eigenvalue weighted by atomic mass is 19.2. The van der Waals surface area contributed by atoms with E-state index in [0.717, 1.165) is 36.1 Å². The molecule has 0 fully saturated rings. The van der Waals surface area contributed by atoms with Gasteiger partial charge in [-0.25, -0.2) is 13.6 Å². The summed E-state index contributed by atoms with van der Waals surface area (Å²) in [6.45, 7) is 0. The van der Waals surface area contributed by atoms with Crippen LogP contribution in [0.4, 0.5) is 19.3 Å². The predicted molar refractivity (Wildman–Crippen MR) is 94.0 cm³/mol. The van der Waals surface area contributed by atoms with Crippen molar-refractivity contribution in [2.24, 2.45) is 0 Å². The third kappa shape index (κ3) is 3.66. The lowest BCUT2D eigenvalue weighted by Crippen LogP contribution is -2.37. The maximum Gasteiger partial charge on any atom is 0.315 e. The molecule has 0 saturated carbocycles. The summed E-state index contributed by atoms with van der Waals surface area (Å²) >= 11 is 0. The van der Waals surface area contributed by atoms with E-state index < -0.39 is 17.5 Å². The second-order valence-electron chi connectivity index (χ2n) is 6.12. The van der Waals surface area contributed by atoms with E-state index in [1.165, 1.54) is 6.07 Å². The molecule has 0 saturated heterocycles. The summed E-state index contributed by atoms with van der Waals surface area (Å²) in [5, 5.41) is 8.01. The Kier molecular flexibility index (Phi) is 5.16. The van der Waals surface area contributed by atoms with Crippen molar-refractivity contribution in [3.63, 3.8) is 0 Å². The van der Waals surface area contributed by atoms with Gasteiger partial charge in [-0.3, -0.25) is 4.79 Å². The molecular weight excluding hydrogens is 340 g/mol. The lowest BCUT2D eigenvalue weighted by molar-refractivity contribution is 0.102. The van der Waals surface area contributed by atoms with Crippen molar-refractivity contribution in [1.82, 2.24) is 10.6 Å². The van der Waals surface area contributed by atoms with Gasteiger partial charge in [-0.1, -0.05) is 12.1 Å². The van der Waals surface area contributed by atoms with Gasteiger partial charge in [0.1, 0.15) is 0 Å². The van der Waals surface area contributed by atoms with Gasteiger partial charge in [0.25, 0.3) is 5.91 Å². The Morgan fingerprint density at radius 2 is 1.92 bits per heavy atom. The largest absolute Gasteiger partial charge is 0.341 e. The fraction of sp³-hybridized carbons (Fsp3) is 0.263. The lowest BCUT2D eigenvalue weighted by atomic mass is 9.84. The van der Waals surface area contributed by atoms with Gasteiger partial charge in [0.05, 0.1) is 6.04 Å². The van der Waals surface area contributed by atoms with Crippen molar-refractivity contribution < 1.29 is 18.4 Å². The van der Waals surface area contributed by atoms with E-state index in [1.807, 2.05) is 6.07 Å². The Morgan fingerprint density at radius 3 is 2.65 bits per heavy atom. The van der Waals surface area contributed by atoms with Gasteiger partial charge in [0, 0.05) is 24.4 Å². The molecule has 3 amide bonds. The molecule has 3 N–H and O–H groups in total. The molecule has 1 atom stereocenters. The number of anilines is 1. The minimum absolute atomic E-state index is 0.172. The number of carbonyl (C=O) groups is 2. The maximum atomic E-state index is 13.3. The number of halogens is 2. The van der Waals surface area contributed by atoms with E-state index in [0.29, 0.717) is 12.0 Å². The molecule has 1 aliphatic rings. The van der Waals surface area contributed by atoms with Gasteiger partial charge in [-0.05, 0) is 48.6 Å². The van der Waals surface area contributed by atoms with E-state index in [1.54, 1.807) is 19.2 Å². The van der Waals surface area contributed by atoms with Crippen molar-refractivity contribution in [1.29, 1.82) is 0 Å². The Bertz CT molecular complexity index is 855. The quantitative estimate of drug-likeness (QED) is 0.785. The minimum Gasteiger partial charge on any atom is -0.341 e. The van der Waals surface area contributed by atoms with Crippen molar-refractivity contribution in [3.05, 3.63) is 64.7 Å². The monoisotopic (exact) mass is 359 g/mol. The first-order chi connectivity index (χ1) is 12.5. The van der Waals surface area contributed by atoms with Gasteiger partial charge >= 0.3 is 6.03 Å². The summed E-state index contributed by atoms with van der Waals surface area (Å²) in [7, 11) is 1.55. The van der Waals surface area contributed by atoms with Crippen molar-refractivity contribution in [2.45, 2.75) is 25.3 Å². The molecule has 2 aromatic carbocycles. The van der Waals surface area contributed by atoms with Crippen molar-refractivity contribution in [3.8, 4) is 0 Å². The molecule has 5 nitrogen and oxygen atoms in total. The molecule has 0 bridgehead atoms. The zero-order valence-corrected chi connectivity index (χ0v) is 14.2. The average molecular weight is 359 g/mol. The van der Waals surface area contributed by atoms with E-state index in [-0.39, 0.29) is 17.8 Å². The first-order valence-electron chi connectivity index (χ1n) is 8.36. The summed E-state index contributed by atoms with van der Waals surface area (Å²) in [6.07, 6.45) is 2.33. The standard InChI is InChI=1S/C19H19F2N3O2/c1-22-19(26)24-17-7-3-4-12-13(17)5-2-6-14(12)18(25)23-11-8-9-15(20)16(21)10-11/h2,5-6,8-10,17H,3-4,7H2,1H3,(H,23,25)(H2,22,24,26). The van der Waals surface area contributed by atoms with Crippen LogP contribution in [0, 0.1) is 11.6 Å². The molecular formula is C19H19F2N3O2.